The van der Waals surface area contributed by atoms with Crippen LogP contribution in [-0.2, 0) is 21.4 Å². The fraction of sp³-hybridized carbons (Fsp3) is 0.250. The van der Waals surface area contributed by atoms with Gasteiger partial charge in [0.15, 0.2) is 10.9 Å². The minimum atomic E-state index is -0.658. The number of carbonyl (C=O) groups excluding carboxylic acids is 2. The third-order valence-corrected chi connectivity index (χ3v) is 5.77. The van der Waals surface area contributed by atoms with Gasteiger partial charge < -0.3 is 15.6 Å². The lowest BCUT2D eigenvalue weighted by molar-refractivity contribution is -0.119. The monoisotopic (exact) mass is 374 g/mol. The summed E-state index contributed by atoms with van der Waals surface area (Å²) in [5, 5.41) is 11.1. The number of nitrogens with zero attached hydrogens (tertiary/aromatic N) is 2. The van der Waals surface area contributed by atoms with Crippen molar-refractivity contribution in [3.05, 3.63) is 40.3 Å². The molecule has 3 aromatic rings. The van der Waals surface area contributed by atoms with Gasteiger partial charge in [-0.1, -0.05) is 11.2 Å². The van der Waals surface area contributed by atoms with Crippen LogP contribution < -0.4 is 11.1 Å². The molecule has 1 fully saturated rings. The lowest BCUT2D eigenvalue weighted by atomic mass is 10.0. The van der Waals surface area contributed by atoms with Crippen molar-refractivity contribution in [3.8, 4) is 10.6 Å². The van der Waals surface area contributed by atoms with Crippen molar-refractivity contribution >= 4 is 39.6 Å². The van der Waals surface area contributed by atoms with E-state index in [2.05, 4.69) is 15.5 Å². The van der Waals surface area contributed by atoms with E-state index in [-0.39, 0.29) is 12.3 Å². The van der Waals surface area contributed by atoms with E-state index in [1.165, 1.54) is 11.3 Å². The van der Waals surface area contributed by atoms with E-state index >= 15 is 0 Å². The van der Waals surface area contributed by atoms with Gasteiger partial charge in [0.1, 0.15) is 0 Å². The Kier molecular flexibility index (Phi) is 3.89. The Morgan fingerprint density at radius 2 is 2.20 bits per heavy atom. The Labute approximate surface area is 150 Å². The first-order chi connectivity index (χ1) is 12.1. The molecule has 0 aliphatic heterocycles. The highest BCUT2D eigenvalue weighted by molar-refractivity contribution is 7.14. The maximum Gasteiger partial charge on any atom is 0.238 e. The standard InChI is InChI=1S/C16H14N4O3S2/c17-13(21)6-9-8-25-15(18-9)19-14(22)16(3-4-16)12-7-10(23-20-12)11-2-1-5-24-11/h1-2,5,7-8H,3-4,6H2,(H2,17,21)(H,18,19,22). The molecule has 0 radical (unpaired) electrons. The summed E-state index contributed by atoms with van der Waals surface area (Å²) in [5.41, 5.74) is 5.69. The molecule has 4 rings (SSSR count). The molecule has 1 saturated carbocycles. The highest BCUT2D eigenvalue weighted by Gasteiger charge is 2.54. The molecule has 3 heterocycles. The van der Waals surface area contributed by atoms with Gasteiger partial charge in [-0.05, 0) is 24.3 Å². The molecule has 0 unspecified atom stereocenters. The zero-order chi connectivity index (χ0) is 17.4. The Bertz CT molecular complexity index is 925. The SMILES string of the molecule is NC(=O)Cc1csc(NC(=O)C2(c3cc(-c4cccs4)on3)CC2)n1. The van der Waals surface area contributed by atoms with Gasteiger partial charge in [-0.15, -0.1) is 22.7 Å². The first kappa shape index (κ1) is 16.0. The van der Waals surface area contributed by atoms with E-state index in [0.29, 0.717) is 22.3 Å². The van der Waals surface area contributed by atoms with E-state index in [0.717, 1.165) is 17.7 Å². The molecule has 0 aromatic carbocycles. The summed E-state index contributed by atoms with van der Waals surface area (Å²) in [4.78, 5) is 28.8. The third-order valence-electron chi connectivity index (χ3n) is 4.08. The molecule has 0 saturated heterocycles. The quantitative estimate of drug-likeness (QED) is 0.689. The highest BCUT2D eigenvalue weighted by Crippen LogP contribution is 2.49. The van der Waals surface area contributed by atoms with E-state index in [1.807, 2.05) is 23.6 Å². The van der Waals surface area contributed by atoms with E-state index in [1.54, 1.807) is 16.7 Å². The van der Waals surface area contributed by atoms with Crippen LogP contribution >= 0.6 is 22.7 Å². The summed E-state index contributed by atoms with van der Waals surface area (Å²) >= 11 is 2.83. The molecule has 1 aliphatic rings. The van der Waals surface area contributed by atoms with Gasteiger partial charge >= 0.3 is 0 Å². The van der Waals surface area contributed by atoms with Gasteiger partial charge in [-0.3, -0.25) is 9.59 Å². The molecular formula is C16H14N4O3S2. The average Bonchev–Trinajstić information content (AvgIpc) is 3.01. The average molecular weight is 374 g/mol. The number of carbonyl (C=O) groups is 2. The number of hydrogen-bond acceptors (Lipinski definition) is 7. The Morgan fingerprint density at radius 1 is 1.36 bits per heavy atom. The number of rotatable bonds is 6. The van der Waals surface area contributed by atoms with Crippen LogP contribution in [-0.4, -0.2) is 22.0 Å². The zero-order valence-corrected chi connectivity index (χ0v) is 14.7. The van der Waals surface area contributed by atoms with Gasteiger partial charge in [-0.2, -0.15) is 0 Å². The van der Waals surface area contributed by atoms with Crippen LogP contribution in [0.4, 0.5) is 5.13 Å². The van der Waals surface area contributed by atoms with Gasteiger partial charge in [0.25, 0.3) is 0 Å². The van der Waals surface area contributed by atoms with Crippen molar-refractivity contribution in [1.82, 2.24) is 10.1 Å². The summed E-state index contributed by atoms with van der Waals surface area (Å²) in [5.74, 6) is 0.0612. The maximum atomic E-state index is 12.7. The fourth-order valence-electron chi connectivity index (χ4n) is 2.60. The zero-order valence-electron chi connectivity index (χ0n) is 13.0. The molecule has 0 bridgehead atoms. The van der Waals surface area contributed by atoms with Crippen molar-refractivity contribution in [2.24, 2.45) is 5.73 Å². The van der Waals surface area contributed by atoms with Gasteiger partial charge in [-0.25, -0.2) is 4.98 Å². The maximum absolute atomic E-state index is 12.7. The minimum Gasteiger partial charge on any atom is -0.369 e. The topological polar surface area (TPSA) is 111 Å². The lowest BCUT2D eigenvalue weighted by Crippen LogP contribution is -2.28. The number of thiazole rings is 1. The molecule has 3 aromatic heterocycles. The molecule has 25 heavy (non-hydrogen) atoms. The highest BCUT2D eigenvalue weighted by atomic mass is 32.1. The number of aromatic nitrogens is 2. The fourth-order valence-corrected chi connectivity index (χ4v) is 3.98. The number of thiophene rings is 1. The predicted molar refractivity (Wildman–Crippen MR) is 94.4 cm³/mol. The molecule has 0 spiro atoms. The lowest BCUT2D eigenvalue weighted by Gasteiger charge is -2.10. The second-order valence-electron chi connectivity index (χ2n) is 5.88. The van der Waals surface area contributed by atoms with Crippen LogP contribution in [0, 0.1) is 0 Å². The first-order valence-electron chi connectivity index (χ1n) is 7.62. The third kappa shape index (κ3) is 3.08. The predicted octanol–water partition coefficient (Wildman–Crippen LogP) is 2.56. The number of nitrogens with one attached hydrogen (secondary N) is 1. The molecule has 9 heteroatoms. The normalized spacial score (nSPS) is 15.0. The number of amides is 2. The molecular weight excluding hydrogens is 360 g/mol. The summed E-state index contributed by atoms with van der Waals surface area (Å²) in [6, 6.07) is 5.72. The Balaban J connectivity index is 1.50. The van der Waals surface area contributed by atoms with E-state index < -0.39 is 11.3 Å². The van der Waals surface area contributed by atoms with Crippen LogP contribution in [0.1, 0.15) is 24.2 Å². The van der Waals surface area contributed by atoms with Crippen LogP contribution in [0.15, 0.2) is 33.5 Å². The summed E-state index contributed by atoms with van der Waals surface area (Å²) < 4.78 is 5.40. The van der Waals surface area contributed by atoms with E-state index in [4.69, 9.17) is 10.3 Å². The van der Waals surface area contributed by atoms with E-state index in [9.17, 15) is 9.59 Å². The van der Waals surface area contributed by atoms with Crippen LogP contribution in [0.2, 0.25) is 0 Å². The molecule has 2 amide bonds. The van der Waals surface area contributed by atoms with Crippen LogP contribution in [0.3, 0.4) is 0 Å². The van der Waals surface area contributed by atoms with Crippen molar-refractivity contribution in [2.75, 3.05) is 5.32 Å². The smallest absolute Gasteiger partial charge is 0.238 e. The number of hydrogen-bond donors (Lipinski definition) is 2. The molecule has 0 atom stereocenters. The Morgan fingerprint density at radius 3 is 2.88 bits per heavy atom. The summed E-state index contributed by atoms with van der Waals surface area (Å²) in [7, 11) is 0. The largest absolute Gasteiger partial charge is 0.369 e. The summed E-state index contributed by atoms with van der Waals surface area (Å²) in [6.07, 6.45) is 1.49. The van der Waals surface area contributed by atoms with Crippen LogP contribution in [0.5, 0.6) is 0 Å². The first-order valence-corrected chi connectivity index (χ1v) is 9.38. The van der Waals surface area contributed by atoms with Crippen LogP contribution in [0.25, 0.3) is 10.6 Å². The van der Waals surface area contributed by atoms with Gasteiger partial charge in [0.2, 0.25) is 11.8 Å². The summed E-state index contributed by atoms with van der Waals surface area (Å²) in [6.45, 7) is 0. The molecule has 1 aliphatic carbocycles. The second kappa shape index (κ2) is 6.08. The number of nitrogens with two attached hydrogens (primary N) is 1. The van der Waals surface area contributed by atoms with Crippen molar-refractivity contribution in [1.29, 1.82) is 0 Å². The van der Waals surface area contributed by atoms with Gasteiger partial charge in [0, 0.05) is 11.4 Å². The minimum absolute atomic E-state index is 0.0605. The van der Waals surface area contributed by atoms with Crippen molar-refractivity contribution < 1.29 is 14.1 Å². The number of anilines is 1. The van der Waals surface area contributed by atoms with Gasteiger partial charge in [0.05, 0.1) is 28.1 Å². The molecule has 7 nitrogen and oxygen atoms in total. The van der Waals surface area contributed by atoms with Crippen molar-refractivity contribution in [3.63, 3.8) is 0 Å². The van der Waals surface area contributed by atoms with Crippen molar-refractivity contribution in [2.45, 2.75) is 24.7 Å². The molecule has 128 valence electrons. The number of primary amides is 1. The Hall–Kier alpha value is -2.52. The molecule has 3 N–H and O–H groups in total. The second-order valence-corrected chi connectivity index (χ2v) is 7.68.